The molecule has 0 saturated heterocycles. The summed E-state index contributed by atoms with van der Waals surface area (Å²) in [5.41, 5.74) is 2.25. The molecule has 0 aliphatic heterocycles. The Morgan fingerprint density at radius 2 is 1.90 bits per heavy atom. The molecule has 0 atom stereocenters. The molecule has 1 aromatic heterocycles. The molecular weight excluding hydrogens is 276 g/mol. The van der Waals surface area contributed by atoms with Gasteiger partial charge in [-0.05, 0) is 0 Å². The van der Waals surface area contributed by atoms with Crippen LogP contribution in [-0.2, 0) is 65.4 Å². The zero-order valence-corrected chi connectivity index (χ0v) is 11.9. The van der Waals surface area contributed by atoms with Crippen LogP contribution in [0.1, 0.15) is 11.3 Å². The van der Waals surface area contributed by atoms with Crippen LogP contribution in [0, 0.1) is 20.0 Å². The first-order valence-corrected chi connectivity index (χ1v) is 2.60. The SMILES string of the molecule is Cc1c[c-]nc(C)c1.[Y].[Y]. The van der Waals surface area contributed by atoms with E-state index in [2.05, 4.69) is 11.2 Å². The third-order valence-corrected chi connectivity index (χ3v) is 0.970. The van der Waals surface area contributed by atoms with E-state index >= 15 is 0 Å². The Morgan fingerprint density at radius 1 is 1.30 bits per heavy atom. The summed E-state index contributed by atoms with van der Waals surface area (Å²) < 4.78 is 0. The molecule has 0 saturated carbocycles. The van der Waals surface area contributed by atoms with Gasteiger partial charge in [-0.3, -0.25) is 0 Å². The zero-order chi connectivity index (χ0) is 5.98. The van der Waals surface area contributed by atoms with Crippen molar-refractivity contribution in [2.75, 3.05) is 0 Å². The van der Waals surface area contributed by atoms with Crippen molar-refractivity contribution in [1.82, 2.24) is 4.98 Å². The fraction of sp³-hybridized carbons (Fsp3) is 0.286. The molecule has 2 radical (unpaired) electrons. The molecule has 1 aromatic rings. The minimum atomic E-state index is 0. The third kappa shape index (κ3) is 5.07. The van der Waals surface area contributed by atoms with Crippen molar-refractivity contribution in [3.8, 4) is 0 Å². The first-order valence-electron chi connectivity index (χ1n) is 2.60. The van der Waals surface area contributed by atoms with Gasteiger partial charge in [-0.1, -0.05) is 25.7 Å². The maximum absolute atomic E-state index is 3.92. The summed E-state index contributed by atoms with van der Waals surface area (Å²) in [6.45, 7) is 3.99. The van der Waals surface area contributed by atoms with Crippen LogP contribution in [0.5, 0.6) is 0 Å². The second kappa shape index (κ2) is 7.03. The summed E-state index contributed by atoms with van der Waals surface area (Å²) in [4.78, 5) is 3.92. The minimum Gasteiger partial charge on any atom is -0.391 e. The van der Waals surface area contributed by atoms with Gasteiger partial charge in [0.05, 0.1) is 0 Å². The molecule has 0 aliphatic carbocycles. The largest absolute Gasteiger partial charge is 0.391 e. The number of aryl methyl sites for hydroxylation is 2. The van der Waals surface area contributed by atoms with Gasteiger partial charge < -0.3 is 4.98 Å². The molecule has 0 bridgehead atoms. The van der Waals surface area contributed by atoms with Crippen LogP contribution in [0.25, 0.3) is 0 Å². The van der Waals surface area contributed by atoms with Crippen molar-refractivity contribution in [3.05, 3.63) is 29.6 Å². The van der Waals surface area contributed by atoms with Gasteiger partial charge in [0.2, 0.25) is 0 Å². The summed E-state index contributed by atoms with van der Waals surface area (Å²) in [6.07, 6.45) is 2.78. The van der Waals surface area contributed by atoms with E-state index in [1.807, 2.05) is 26.0 Å². The van der Waals surface area contributed by atoms with Crippen LogP contribution < -0.4 is 0 Å². The average Bonchev–Trinajstić information content (AvgIpc) is 1.64. The molecule has 1 nitrogen and oxygen atoms in total. The molecule has 48 valence electrons. The summed E-state index contributed by atoms with van der Waals surface area (Å²) in [5.74, 6) is 0. The average molecular weight is 284 g/mol. The van der Waals surface area contributed by atoms with E-state index in [9.17, 15) is 0 Å². The normalized spacial score (nSPS) is 7.40. The Bertz CT molecular complexity index is 171. The molecular formula is C7H8NY2-. The smallest absolute Gasteiger partial charge is 0 e. The van der Waals surface area contributed by atoms with Crippen LogP contribution in [0.15, 0.2) is 12.1 Å². The maximum atomic E-state index is 3.92. The molecule has 0 N–H and O–H groups in total. The second-order valence-electron chi connectivity index (χ2n) is 1.91. The van der Waals surface area contributed by atoms with Crippen molar-refractivity contribution < 1.29 is 65.4 Å². The van der Waals surface area contributed by atoms with Crippen LogP contribution in [-0.4, -0.2) is 4.98 Å². The van der Waals surface area contributed by atoms with Gasteiger partial charge in [0, 0.05) is 65.4 Å². The Labute approximate surface area is 112 Å². The summed E-state index contributed by atoms with van der Waals surface area (Å²) in [6, 6.07) is 3.89. The Balaban J connectivity index is 0. The quantitative estimate of drug-likeness (QED) is 0.658. The summed E-state index contributed by atoms with van der Waals surface area (Å²) in [5, 5.41) is 0. The Hall–Kier alpha value is 1.36. The standard InChI is InChI=1S/C7H8N.2Y/c1-6-3-4-8-7(2)5-6;;/h3,5H,1-2H3;;/q-1;;. The monoisotopic (exact) mass is 284 g/mol. The Kier molecular flexibility index (Phi) is 9.78. The number of hydrogen-bond donors (Lipinski definition) is 0. The first-order chi connectivity index (χ1) is 3.79. The van der Waals surface area contributed by atoms with Crippen LogP contribution in [0.4, 0.5) is 0 Å². The molecule has 10 heavy (non-hydrogen) atoms. The van der Waals surface area contributed by atoms with E-state index in [0.717, 1.165) is 5.69 Å². The predicted molar refractivity (Wildman–Crippen MR) is 32.5 cm³/mol. The minimum absolute atomic E-state index is 0. The molecule has 1 heterocycles. The van der Waals surface area contributed by atoms with Crippen molar-refractivity contribution in [1.29, 1.82) is 0 Å². The molecule has 0 unspecified atom stereocenters. The predicted octanol–water partition coefficient (Wildman–Crippen LogP) is 1.49. The first kappa shape index (κ1) is 13.9. The van der Waals surface area contributed by atoms with Crippen LogP contribution in [0.2, 0.25) is 0 Å². The fourth-order valence-corrected chi connectivity index (χ4v) is 0.639. The molecule has 0 amide bonds. The van der Waals surface area contributed by atoms with Gasteiger partial charge in [-0.25, -0.2) is 0 Å². The van der Waals surface area contributed by atoms with Gasteiger partial charge in [0.25, 0.3) is 0 Å². The number of rotatable bonds is 0. The molecule has 1 rings (SSSR count). The Morgan fingerprint density at radius 3 is 2.20 bits per heavy atom. The van der Waals surface area contributed by atoms with E-state index in [1.54, 1.807) is 0 Å². The summed E-state index contributed by atoms with van der Waals surface area (Å²) >= 11 is 0. The van der Waals surface area contributed by atoms with E-state index in [4.69, 9.17) is 0 Å². The molecule has 0 spiro atoms. The van der Waals surface area contributed by atoms with Gasteiger partial charge in [0.1, 0.15) is 0 Å². The van der Waals surface area contributed by atoms with Crippen molar-refractivity contribution >= 4 is 0 Å². The van der Waals surface area contributed by atoms with Crippen molar-refractivity contribution in [2.24, 2.45) is 0 Å². The van der Waals surface area contributed by atoms with Crippen molar-refractivity contribution in [2.45, 2.75) is 13.8 Å². The maximum Gasteiger partial charge on any atom is 0 e. The third-order valence-electron chi connectivity index (χ3n) is 0.970. The molecule has 0 aromatic carbocycles. The van der Waals surface area contributed by atoms with Gasteiger partial charge in [0.15, 0.2) is 0 Å². The van der Waals surface area contributed by atoms with E-state index in [1.165, 1.54) is 5.56 Å². The van der Waals surface area contributed by atoms with Crippen molar-refractivity contribution in [3.63, 3.8) is 0 Å². The van der Waals surface area contributed by atoms with E-state index in [0.29, 0.717) is 0 Å². The fourth-order valence-electron chi connectivity index (χ4n) is 0.639. The topological polar surface area (TPSA) is 12.9 Å². The van der Waals surface area contributed by atoms with Gasteiger partial charge >= 0.3 is 0 Å². The molecule has 3 heteroatoms. The second-order valence-corrected chi connectivity index (χ2v) is 1.91. The zero-order valence-electron chi connectivity index (χ0n) is 6.26. The van der Waals surface area contributed by atoms with Gasteiger partial charge in [-0.2, -0.15) is 11.6 Å². The van der Waals surface area contributed by atoms with E-state index in [-0.39, 0.29) is 65.4 Å². The number of nitrogens with zero attached hydrogens (tertiary/aromatic N) is 1. The molecule has 0 aliphatic rings. The van der Waals surface area contributed by atoms with Crippen LogP contribution in [0.3, 0.4) is 0 Å². The number of pyridine rings is 1. The van der Waals surface area contributed by atoms with E-state index < -0.39 is 0 Å². The number of hydrogen-bond acceptors (Lipinski definition) is 1. The summed E-state index contributed by atoms with van der Waals surface area (Å²) in [7, 11) is 0. The van der Waals surface area contributed by atoms with Crippen LogP contribution >= 0.6 is 0 Å². The van der Waals surface area contributed by atoms with Gasteiger partial charge in [-0.15, -0.1) is 6.07 Å². The number of aromatic nitrogens is 1. The molecule has 0 fully saturated rings.